The summed E-state index contributed by atoms with van der Waals surface area (Å²) >= 11 is 16.3. The van der Waals surface area contributed by atoms with Gasteiger partial charge in [-0.25, -0.2) is 0 Å². The molecule has 0 saturated heterocycles. The van der Waals surface area contributed by atoms with Crippen molar-refractivity contribution in [2.75, 3.05) is 0 Å². The van der Waals surface area contributed by atoms with E-state index in [1.54, 1.807) is 0 Å². The van der Waals surface area contributed by atoms with Gasteiger partial charge in [0.2, 0.25) is 0 Å². The Hall–Kier alpha value is -0.711. The Morgan fingerprint density at radius 2 is 0.692 bits per heavy atom. The Morgan fingerprint density at radius 1 is 0.462 bits per heavy atom. The van der Waals surface area contributed by atoms with Crippen LogP contribution in [0.2, 0.25) is 15.1 Å². The van der Waals surface area contributed by atoms with Crippen molar-refractivity contribution >= 4 is 54.6 Å². The molecule has 1 nitrogen and oxygen atoms in total. The van der Waals surface area contributed by atoms with Gasteiger partial charge in [0, 0.05) is 0 Å². The minimum atomic E-state index is -1.75. The summed E-state index contributed by atoms with van der Waals surface area (Å²) in [7, 11) is 0. The summed E-state index contributed by atoms with van der Waals surface area (Å²) in [6.45, 7) is 0. The number of rotatable bonds is 6. The fourth-order valence-electron chi connectivity index (χ4n) is 2.86. The van der Waals surface area contributed by atoms with Gasteiger partial charge in [0.15, 0.2) is 0 Å². The standard InChI is InChI=1S/3C7H6Cl.H2O.Sn/c3*1-6-2-4-7(8)5-3-6;;/h3*2-5H,1H2;1H2;/q;;;;+1/p-1. The number of hydrogen-bond acceptors (Lipinski definition) is 1. The molecule has 5 heteroatoms. The third-order valence-corrected chi connectivity index (χ3v) is 12.6. The van der Waals surface area contributed by atoms with Crippen molar-refractivity contribution in [3.63, 3.8) is 0 Å². The van der Waals surface area contributed by atoms with Crippen LogP contribution >= 0.6 is 34.8 Å². The van der Waals surface area contributed by atoms with Crippen LogP contribution in [0.3, 0.4) is 0 Å². The molecule has 0 heterocycles. The van der Waals surface area contributed by atoms with Crippen LogP contribution in [-0.4, -0.2) is 25.2 Å². The van der Waals surface area contributed by atoms with Gasteiger partial charge in [-0.2, -0.15) is 0 Å². The molecule has 0 aromatic heterocycles. The maximum Gasteiger partial charge on any atom is -0.870 e. The van der Waals surface area contributed by atoms with Crippen LogP contribution in [0.4, 0.5) is 0 Å². The topological polar surface area (TPSA) is 30.0 Å². The van der Waals surface area contributed by atoms with E-state index in [1.165, 1.54) is 30.0 Å². The van der Waals surface area contributed by atoms with Crippen LogP contribution in [-0.2, 0) is 13.3 Å². The molecular formula is C21H19Cl3OSn. The van der Waals surface area contributed by atoms with Crippen LogP contribution < -0.4 is 0 Å². The molecule has 0 aliphatic rings. The number of hydrogen-bond donors (Lipinski definition) is 0. The monoisotopic (exact) mass is 512 g/mol. The van der Waals surface area contributed by atoms with Crippen molar-refractivity contribution in [1.29, 1.82) is 0 Å². The molecule has 0 bridgehead atoms. The molecule has 0 radical (unpaired) electrons. The Kier molecular flexibility index (Phi) is 8.78. The van der Waals surface area contributed by atoms with E-state index in [-0.39, 0.29) is 5.48 Å². The fourth-order valence-corrected chi connectivity index (χ4v) is 11.3. The summed E-state index contributed by atoms with van der Waals surface area (Å²) in [5, 5.41) is 2.39. The number of benzene rings is 3. The van der Waals surface area contributed by atoms with Gasteiger partial charge < -0.3 is 5.48 Å². The molecule has 0 atom stereocenters. The molecule has 3 aromatic rings. The van der Waals surface area contributed by atoms with E-state index in [1.807, 2.05) is 36.4 Å². The second-order valence-corrected chi connectivity index (χ2v) is 14.8. The summed E-state index contributed by atoms with van der Waals surface area (Å²) in [6, 6.07) is 24.9. The molecule has 0 spiro atoms. The van der Waals surface area contributed by atoms with E-state index >= 15 is 0 Å². The van der Waals surface area contributed by atoms with Crippen LogP contribution in [0.5, 0.6) is 0 Å². The summed E-state index contributed by atoms with van der Waals surface area (Å²) in [4.78, 5) is 0. The summed E-state index contributed by atoms with van der Waals surface area (Å²) < 4.78 is 3.60. The zero-order valence-electron chi connectivity index (χ0n) is 14.1. The second kappa shape index (κ2) is 10.6. The maximum absolute atomic E-state index is 6.03. The van der Waals surface area contributed by atoms with Crippen molar-refractivity contribution < 1.29 is 5.48 Å². The molecular weight excluding hydrogens is 493 g/mol. The summed E-state index contributed by atoms with van der Waals surface area (Å²) in [5.41, 5.74) is 4.17. The summed E-state index contributed by atoms with van der Waals surface area (Å²) in [5.74, 6) is 0. The predicted molar refractivity (Wildman–Crippen MR) is 113 cm³/mol. The van der Waals surface area contributed by atoms with Gasteiger partial charge in [-0.15, -0.1) is 0 Å². The van der Waals surface area contributed by atoms with Crippen molar-refractivity contribution in [2.24, 2.45) is 0 Å². The smallest absolute Gasteiger partial charge is 0.870 e. The quantitative estimate of drug-likeness (QED) is 0.342. The van der Waals surface area contributed by atoms with Gasteiger partial charge in [-0.3, -0.25) is 0 Å². The van der Waals surface area contributed by atoms with E-state index in [4.69, 9.17) is 34.8 Å². The average molecular weight is 512 g/mol. The molecule has 134 valence electrons. The van der Waals surface area contributed by atoms with Crippen LogP contribution in [0, 0.1) is 0 Å². The molecule has 3 aromatic carbocycles. The van der Waals surface area contributed by atoms with Crippen LogP contribution in [0.1, 0.15) is 16.7 Å². The minimum Gasteiger partial charge on any atom is -0.870 e. The zero-order chi connectivity index (χ0) is 17.6. The molecule has 0 unspecified atom stereocenters. The Morgan fingerprint density at radius 3 is 0.923 bits per heavy atom. The molecule has 1 N–H and O–H groups in total. The van der Waals surface area contributed by atoms with Crippen LogP contribution in [0.15, 0.2) is 72.8 Å². The molecule has 0 fully saturated rings. The third-order valence-electron chi connectivity index (χ3n) is 4.10. The molecule has 0 aliphatic heterocycles. The van der Waals surface area contributed by atoms with E-state index in [9.17, 15) is 0 Å². The molecule has 0 amide bonds. The van der Waals surface area contributed by atoms with Crippen molar-refractivity contribution in [3.05, 3.63) is 105 Å². The average Bonchev–Trinajstić information content (AvgIpc) is 2.61. The zero-order valence-corrected chi connectivity index (χ0v) is 19.3. The Bertz CT molecular complexity index is 689. The maximum atomic E-state index is 6.03. The third kappa shape index (κ3) is 6.79. The minimum absolute atomic E-state index is 0. The van der Waals surface area contributed by atoms with Crippen molar-refractivity contribution in [1.82, 2.24) is 0 Å². The first-order valence-corrected chi connectivity index (χ1v) is 15.3. The van der Waals surface area contributed by atoms with Gasteiger partial charge in [-0.1, -0.05) is 0 Å². The normalized spacial score (nSPS) is 10.3. The first kappa shape index (κ1) is 21.6. The van der Waals surface area contributed by atoms with Crippen molar-refractivity contribution in [2.45, 2.75) is 13.3 Å². The van der Waals surface area contributed by atoms with Crippen molar-refractivity contribution in [3.8, 4) is 0 Å². The van der Waals surface area contributed by atoms with E-state index in [0.717, 1.165) is 15.1 Å². The Balaban J connectivity index is 0.00000243. The van der Waals surface area contributed by atoms with Gasteiger partial charge >= 0.3 is 172 Å². The van der Waals surface area contributed by atoms with Gasteiger partial charge in [0.25, 0.3) is 0 Å². The first-order valence-electron chi connectivity index (χ1n) is 8.15. The van der Waals surface area contributed by atoms with E-state index in [2.05, 4.69) is 36.4 Å². The van der Waals surface area contributed by atoms with Gasteiger partial charge in [0.05, 0.1) is 0 Å². The molecule has 3 rings (SSSR count). The largest absolute Gasteiger partial charge is 0.870 e. The second-order valence-electron chi connectivity index (χ2n) is 6.16. The SMILES string of the molecule is Clc1ccc([CH2][Sn+]([CH2]c2ccc(Cl)cc2)[CH2]c2ccc(Cl)cc2)cc1.[OH-]. The fraction of sp³-hybridized carbons (Fsp3) is 0.143. The molecule has 0 saturated carbocycles. The van der Waals surface area contributed by atoms with E-state index in [0.29, 0.717) is 0 Å². The van der Waals surface area contributed by atoms with Gasteiger partial charge in [-0.05, 0) is 0 Å². The summed E-state index contributed by atoms with van der Waals surface area (Å²) in [6.07, 6.45) is 0. The van der Waals surface area contributed by atoms with E-state index < -0.39 is 19.8 Å². The molecule has 0 aliphatic carbocycles. The van der Waals surface area contributed by atoms with Gasteiger partial charge in [0.1, 0.15) is 0 Å². The van der Waals surface area contributed by atoms with Crippen LogP contribution in [0.25, 0.3) is 0 Å². The molecule has 26 heavy (non-hydrogen) atoms. The predicted octanol–water partition coefficient (Wildman–Crippen LogP) is 6.61. The Labute approximate surface area is 177 Å². The number of halogens is 3. The first-order chi connectivity index (χ1) is 12.1.